The Hall–Kier alpha value is -1.58. The van der Waals surface area contributed by atoms with Crippen LogP contribution in [0.3, 0.4) is 0 Å². The van der Waals surface area contributed by atoms with E-state index in [4.69, 9.17) is 26.6 Å². The first-order valence-electron chi connectivity index (χ1n) is 6.52. The fraction of sp³-hybridized carbons (Fsp3) is 0.818. The van der Waals surface area contributed by atoms with E-state index >= 15 is 0 Å². The minimum Gasteiger partial charge on any atom is -0.394 e. The van der Waals surface area contributed by atoms with Crippen molar-refractivity contribution < 1.29 is 24.2 Å². The van der Waals surface area contributed by atoms with Crippen molar-refractivity contribution in [3.05, 3.63) is 10.4 Å². The maximum absolute atomic E-state index is 12.1. The van der Waals surface area contributed by atoms with Crippen LogP contribution in [0.4, 0.5) is 4.79 Å². The third kappa shape index (κ3) is 2.71. The summed E-state index contributed by atoms with van der Waals surface area (Å²) in [6, 6.07) is -1.36. The highest BCUT2D eigenvalue weighted by molar-refractivity contribution is 6.36. The van der Waals surface area contributed by atoms with Crippen LogP contribution in [-0.4, -0.2) is 65.1 Å². The number of methoxy groups -OCH3 is 1. The topological polar surface area (TPSA) is 137 Å². The van der Waals surface area contributed by atoms with Crippen molar-refractivity contribution >= 4 is 23.5 Å². The Kier molecular flexibility index (Phi) is 4.78. The van der Waals surface area contributed by atoms with Crippen LogP contribution in [0.5, 0.6) is 0 Å². The Morgan fingerprint density at radius 1 is 1.68 bits per heavy atom. The Labute approximate surface area is 130 Å². The molecular formula is C11H16ClN5O5. The highest BCUT2D eigenvalue weighted by Gasteiger charge is 2.54. The van der Waals surface area contributed by atoms with Gasteiger partial charge >= 0.3 is 6.03 Å². The summed E-state index contributed by atoms with van der Waals surface area (Å²) in [4.78, 5) is 26.3. The van der Waals surface area contributed by atoms with Crippen LogP contribution in [0.1, 0.15) is 13.3 Å². The van der Waals surface area contributed by atoms with Crippen LogP contribution in [0.25, 0.3) is 10.4 Å². The highest BCUT2D eigenvalue weighted by atomic mass is 35.5. The number of halogens is 1. The molecule has 2 saturated heterocycles. The van der Waals surface area contributed by atoms with Gasteiger partial charge in [0.2, 0.25) is 0 Å². The molecule has 0 unspecified atom stereocenters. The van der Waals surface area contributed by atoms with Gasteiger partial charge < -0.3 is 14.6 Å². The Morgan fingerprint density at radius 2 is 2.36 bits per heavy atom. The van der Waals surface area contributed by atoms with Gasteiger partial charge in [0.15, 0.2) is 11.1 Å². The van der Waals surface area contributed by atoms with E-state index in [0.29, 0.717) is 0 Å². The van der Waals surface area contributed by atoms with Crippen molar-refractivity contribution in [2.45, 2.75) is 42.8 Å². The first-order chi connectivity index (χ1) is 10.4. The lowest BCUT2D eigenvalue weighted by atomic mass is 10.0. The first kappa shape index (κ1) is 16.8. The van der Waals surface area contributed by atoms with Crippen LogP contribution < -0.4 is 5.32 Å². The van der Waals surface area contributed by atoms with E-state index in [1.165, 1.54) is 14.0 Å². The van der Waals surface area contributed by atoms with Gasteiger partial charge in [-0.3, -0.25) is 15.0 Å². The summed E-state index contributed by atoms with van der Waals surface area (Å²) in [5, 5.41) is 14.9. The van der Waals surface area contributed by atoms with Crippen molar-refractivity contribution in [1.82, 2.24) is 10.2 Å². The second-order valence-corrected chi connectivity index (χ2v) is 5.94. The molecule has 0 aliphatic carbocycles. The molecule has 0 spiro atoms. The van der Waals surface area contributed by atoms with Gasteiger partial charge in [-0.05, 0) is 12.5 Å². The number of urea groups is 1. The Balaban J connectivity index is 2.28. The number of carbonyl (C=O) groups is 2. The molecule has 2 rings (SSSR count). The number of rotatable bonds is 4. The summed E-state index contributed by atoms with van der Waals surface area (Å²) in [5.41, 5.74) is 8.54. The van der Waals surface area contributed by atoms with Crippen molar-refractivity contribution in [3.63, 3.8) is 0 Å². The Morgan fingerprint density at radius 3 is 2.91 bits per heavy atom. The standard InChI is InChI=1S/C11H16ClN5O5/c1-11(12)8(19)14-10(20)17(9(11)21-2)7-3-5(15-16-13)6(4-18)22-7/h5-7,9,18H,3-4H2,1-2H3,(H,14,19,20)/t5-,6+,7+,9-,11+/m0/s1. The van der Waals surface area contributed by atoms with E-state index in [9.17, 15) is 14.7 Å². The zero-order valence-electron chi connectivity index (χ0n) is 12.0. The summed E-state index contributed by atoms with van der Waals surface area (Å²) in [6.45, 7) is 1.05. The number of amides is 3. The van der Waals surface area contributed by atoms with Gasteiger partial charge in [0.25, 0.3) is 5.91 Å². The average molecular weight is 334 g/mol. The number of imide groups is 1. The normalized spacial score (nSPS) is 38.6. The molecule has 2 aliphatic rings. The molecule has 11 heteroatoms. The molecule has 2 N–H and O–H groups in total. The van der Waals surface area contributed by atoms with Crippen LogP contribution in [0.2, 0.25) is 0 Å². The van der Waals surface area contributed by atoms with Crippen molar-refractivity contribution in [3.8, 4) is 0 Å². The van der Waals surface area contributed by atoms with E-state index < -0.39 is 41.4 Å². The maximum atomic E-state index is 12.1. The van der Waals surface area contributed by atoms with Crippen LogP contribution in [0, 0.1) is 0 Å². The second kappa shape index (κ2) is 6.27. The average Bonchev–Trinajstić information content (AvgIpc) is 2.85. The third-order valence-corrected chi connectivity index (χ3v) is 4.09. The lowest BCUT2D eigenvalue weighted by Gasteiger charge is -2.44. The molecule has 10 nitrogen and oxygen atoms in total. The van der Waals surface area contributed by atoms with E-state index in [0.717, 1.165) is 4.90 Å². The number of nitrogens with one attached hydrogen (secondary N) is 1. The zero-order chi connectivity index (χ0) is 16.5. The van der Waals surface area contributed by atoms with E-state index in [1.807, 2.05) is 0 Å². The molecule has 0 radical (unpaired) electrons. The van der Waals surface area contributed by atoms with Crippen LogP contribution in [0.15, 0.2) is 5.11 Å². The van der Waals surface area contributed by atoms with Gasteiger partial charge in [0, 0.05) is 18.4 Å². The van der Waals surface area contributed by atoms with Crippen LogP contribution in [-0.2, 0) is 14.3 Å². The van der Waals surface area contributed by atoms with Crippen molar-refractivity contribution in [2.24, 2.45) is 5.11 Å². The number of hydrogen-bond acceptors (Lipinski definition) is 6. The molecule has 0 aromatic rings. The van der Waals surface area contributed by atoms with Gasteiger partial charge in [0.1, 0.15) is 6.23 Å². The van der Waals surface area contributed by atoms with E-state index in [-0.39, 0.29) is 13.0 Å². The van der Waals surface area contributed by atoms with Gasteiger partial charge in [0.05, 0.1) is 18.8 Å². The molecule has 0 aromatic carbocycles. The zero-order valence-corrected chi connectivity index (χ0v) is 12.7. The van der Waals surface area contributed by atoms with E-state index in [2.05, 4.69) is 15.3 Å². The maximum Gasteiger partial charge on any atom is 0.328 e. The van der Waals surface area contributed by atoms with Gasteiger partial charge in [-0.2, -0.15) is 0 Å². The number of aliphatic hydroxyl groups is 1. The Bertz CT molecular complexity index is 523. The molecule has 0 saturated carbocycles. The quantitative estimate of drug-likeness (QED) is 0.330. The van der Waals surface area contributed by atoms with Gasteiger partial charge in [-0.25, -0.2) is 4.79 Å². The summed E-state index contributed by atoms with van der Waals surface area (Å²) in [5.74, 6) is -0.675. The lowest BCUT2D eigenvalue weighted by Crippen LogP contribution is -2.69. The van der Waals surface area contributed by atoms with Crippen molar-refractivity contribution in [1.29, 1.82) is 0 Å². The smallest absolute Gasteiger partial charge is 0.328 e. The number of carbonyl (C=O) groups excluding carboxylic acids is 2. The minimum absolute atomic E-state index is 0.156. The summed E-state index contributed by atoms with van der Waals surface area (Å²) >= 11 is 6.18. The molecule has 22 heavy (non-hydrogen) atoms. The summed E-state index contributed by atoms with van der Waals surface area (Å²) < 4.78 is 10.7. The monoisotopic (exact) mass is 333 g/mol. The van der Waals surface area contributed by atoms with Gasteiger partial charge in [-0.15, -0.1) is 11.6 Å². The number of aliphatic hydroxyl groups excluding tert-OH is 1. The predicted octanol–water partition coefficient (Wildman–Crippen LogP) is 0.294. The van der Waals surface area contributed by atoms with Gasteiger partial charge in [-0.1, -0.05) is 5.11 Å². The molecule has 122 valence electrons. The molecule has 0 bridgehead atoms. The lowest BCUT2D eigenvalue weighted by molar-refractivity contribution is -0.154. The largest absolute Gasteiger partial charge is 0.394 e. The third-order valence-electron chi connectivity index (χ3n) is 3.73. The van der Waals surface area contributed by atoms with E-state index in [1.54, 1.807) is 0 Å². The fourth-order valence-electron chi connectivity index (χ4n) is 2.62. The highest BCUT2D eigenvalue weighted by Crippen LogP contribution is 2.34. The van der Waals surface area contributed by atoms with Crippen LogP contribution >= 0.6 is 11.6 Å². The van der Waals surface area contributed by atoms with Crippen molar-refractivity contribution in [2.75, 3.05) is 13.7 Å². The summed E-state index contributed by atoms with van der Waals surface area (Å²) in [7, 11) is 1.31. The number of ether oxygens (including phenoxy) is 2. The number of hydrogen-bond donors (Lipinski definition) is 2. The number of alkyl halides is 1. The molecule has 5 atom stereocenters. The molecule has 2 heterocycles. The fourth-order valence-corrected chi connectivity index (χ4v) is 2.86. The second-order valence-electron chi connectivity index (χ2n) is 5.15. The predicted molar refractivity (Wildman–Crippen MR) is 73.7 cm³/mol. The molecule has 0 aromatic heterocycles. The first-order valence-corrected chi connectivity index (χ1v) is 6.90. The molecular weight excluding hydrogens is 318 g/mol. The summed E-state index contributed by atoms with van der Waals surface area (Å²) in [6.07, 6.45) is -2.50. The SMILES string of the molecule is CO[C@@H]1N([C@H]2C[C@H](N=[N+]=[N-])[C@@H](CO)O2)C(=O)NC(=O)[C@@]1(C)Cl. The molecule has 2 fully saturated rings. The number of azide groups is 1. The molecule has 3 amide bonds. The number of nitrogens with zero attached hydrogens (tertiary/aromatic N) is 4. The minimum atomic E-state index is -1.50. The molecule has 2 aliphatic heterocycles.